The van der Waals surface area contributed by atoms with Crippen LogP contribution in [0.5, 0.6) is 0 Å². The third-order valence-electron chi connectivity index (χ3n) is 2.76. The van der Waals surface area contributed by atoms with Gasteiger partial charge in [0, 0.05) is 7.05 Å². The number of aromatic nitrogens is 4. The number of nitrogens with two attached hydrogens (primary N) is 1. The van der Waals surface area contributed by atoms with Crippen LogP contribution < -0.4 is 16.9 Å². The number of anilines is 1. The van der Waals surface area contributed by atoms with Gasteiger partial charge in [0.2, 0.25) is 5.95 Å². The summed E-state index contributed by atoms with van der Waals surface area (Å²) < 4.78 is 1.30. The number of aryl methyl sites for hydroxylation is 1. The van der Waals surface area contributed by atoms with E-state index in [0.717, 1.165) is 0 Å². The van der Waals surface area contributed by atoms with Gasteiger partial charge in [0.15, 0.2) is 5.52 Å². The topological polar surface area (TPSA) is 147 Å². The lowest BCUT2D eigenvalue weighted by Crippen LogP contribution is -2.28. The van der Waals surface area contributed by atoms with Gasteiger partial charge in [-0.25, -0.2) is 4.98 Å². The molecule has 0 aliphatic carbocycles. The molecular weight excluding hydrogens is 254 g/mol. The maximum absolute atomic E-state index is 11.8. The number of aromatic amines is 1. The predicted octanol–water partition coefficient (Wildman–Crippen LogP) is -1.99. The minimum absolute atomic E-state index is 0.0706. The summed E-state index contributed by atoms with van der Waals surface area (Å²) in [6.45, 7) is 1.30. The van der Waals surface area contributed by atoms with Crippen LogP contribution in [0, 0.1) is 0 Å². The number of fused-ring (bicyclic) bond motifs is 1. The third-order valence-corrected chi connectivity index (χ3v) is 2.76. The average molecular weight is 267 g/mol. The van der Waals surface area contributed by atoms with E-state index in [2.05, 4.69) is 15.0 Å². The first-order valence-corrected chi connectivity index (χ1v) is 5.45. The fourth-order valence-electron chi connectivity index (χ4n) is 1.62. The van der Waals surface area contributed by atoms with Crippen LogP contribution in [0.2, 0.25) is 0 Å². The number of aliphatic hydroxyl groups excluding tert-OH is 2. The summed E-state index contributed by atoms with van der Waals surface area (Å²) >= 11 is 0. The van der Waals surface area contributed by atoms with E-state index >= 15 is 0 Å². The van der Waals surface area contributed by atoms with Crippen molar-refractivity contribution in [3.8, 4) is 0 Å². The highest BCUT2D eigenvalue weighted by Crippen LogP contribution is 2.12. The Hall–Kier alpha value is -2.26. The molecule has 0 aliphatic heterocycles. The first kappa shape index (κ1) is 13.2. The van der Waals surface area contributed by atoms with Crippen molar-refractivity contribution in [3.05, 3.63) is 26.4 Å². The van der Waals surface area contributed by atoms with Crippen LogP contribution in [0.25, 0.3) is 11.2 Å². The molecule has 5 N–H and O–H groups in total. The molecule has 2 atom stereocenters. The molecule has 0 aliphatic rings. The first-order valence-electron chi connectivity index (χ1n) is 5.45. The second-order valence-electron chi connectivity index (χ2n) is 4.17. The van der Waals surface area contributed by atoms with Crippen LogP contribution in [-0.4, -0.2) is 35.8 Å². The summed E-state index contributed by atoms with van der Waals surface area (Å²) in [5.41, 5.74) is 3.69. The zero-order valence-electron chi connectivity index (χ0n) is 10.3. The molecule has 0 radical (unpaired) electrons. The molecule has 0 amide bonds. The van der Waals surface area contributed by atoms with Gasteiger partial charge in [-0.05, 0) is 6.92 Å². The molecule has 0 fully saturated rings. The summed E-state index contributed by atoms with van der Waals surface area (Å²) in [7, 11) is 1.51. The van der Waals surface area contributed by atoms with E-state index in [4.69, 9.17) is 5.73 Å². The van der Waals surface area contributed by atoms with E-state index in [1.807, 2.05) is 0 Å². The highest BCUT2D eigenvalue weighted by atomic mass is 16.3. The Kier molecular flexibility index (Phi) is 3.08. The highest BCUT2D eigenvalue weighted by Gasteiger charge is 2.21. The van der Waals surface area contributed by atoms with Crippen molar-refractivity contribution in [2.24, 2.45) is 7.05 Å². The molecule has 0 saturated heterocycles. The fraction of sp³-hybridized carbons (Fsp3) is 0.400. The van der Waals surface area contributed by atoms with Crippen LogP contribution in [-0.2, 0) is 7.05 Å². The minimum Gasteiger partial charge on any atom is -0.390 e. The van der Waals surface area contributed by atoms with Gasteiger partial charge in [0.1, 0.15) is 17.4 Å². The zero-order chi connectivity index (χ0) is 14.3. The molecular formula is C10H13N5O4. The molecule has 102 valence electrons. The molecule has 0 saturated carbocycles. The van der Waals surface area contributed by atoms with Crippen molar-refractivity contribution in [2.45, 2.75) is 19.1 Å². The average Bonchev–Trinajstić information content (AvgIpc) is 2.34. The smallest absolute Gasteiger partial charge is 0.302 e. The first-order chi connectivity index (χ1) is 8.82. The Morgan fingerprint density at radius 1 is 1.32 bits per heavy atom. The van der Waals surface area contributed by atoms with Crippen molar-refractivity contribution in [2.75, 3.05) is 5.73 Å². The van der Waals surface area contributed by atoms with E-state index in [1.54, 1.807) is 0 Å². The number of nitrogens with one attached hydrogen (secondary N) is 1. The summed E-state index contributed by atoms with van der Waals surface area (Å²) in [6, 6.07) is 0. The number of aliphatic hydroxyl groups is 2. The van der Waals surface area contributed by atoms with Gasteiger partial charge in [-0.15, -0.1) is 0 Å². The van der Waals surface area contributed by atoms with E-state index in [9.17, 15) is 19.8 Å². The lowest BCUT2D eigenvalue weighted by molar-refractivity contribution is 0.0271. The quantitative estimate of drug-likeness (QED) is 0.492. The molecule has 0 spiro atoms. The van der Waals surface area contributed by atoms with E-state index in [-0.39, 0.29) is 22.8 Å². The second kappa shape index (κ2) is 4.44. The van der Waals surface area contributed by atoms with Gasteiger partial charge in [0.05, 0.1) is 6.10 Å². The van der Waals surface area contributed by atoms with Crippen LogP contribution >= 0.6 is 0 Å². The molecule has 19 heavy (non-hydrogen) atoms. The molecule has 2 aromatic rings. The normalized spacial score (nSPS) is 14.5. The lowest BCUT2D eigenvalue weighted by atomic mass is 10.1. The third kappa shape index (κ3) is 2.09. The molecule has 2 rings (SSSR count). The van der Waals surface area contributed by atoms with Gasteiger partial charge in [0.25, 0.3) is 5.56 Å². The molecule has 9 nitrogen and oxygen atoms in total. The summed E-state index contributed by atoms with van der Waals surface area (Å²) in [4.78, 5) is 33.2. The van der Waals surface area contributed by atoms with Crippen molar-refractivity contribution in [1.29, 1.82) is 0 Å². The number of hydrogen-bond acceptors (Lipinski definition) is 7. The number of rotatable bonds is 2. The Balaban J connectivity index is 2.84. The van der Waals surface area contributed by atoms with Crippen molar-refractivity contribution >= 4 is 17.1 Å². The zero-order valence-corrected chi connectivity index (χ0v) is 10.3. The number of nitrogens with zero attached hydrogens (tertiary/aromatic N) is 3. The van der Waals surface area contributed by atoms with Crippen LogP contribution in [0.4, 0.5) is 5.95 Å². The number of nitrogen functional groups attached to an aromatic ring is 1. The van der Waals surface area contributed by atoms with Gasteiger partial charge in [-0.2, -0.15) is 4.98 Å². The SMILES string of the molecule is C[C@H](O)[C@H](O)c1nc2c(=O)nc(N)n(C)c2[nH]c1=O. The molecule has 2 aromatic heterocycles. The lowest BCUT2D eigenvalue weighted by Gasteiger charge is -2.13. The van der Waals surface area contributed by atoms with Crippen LogP contribution in [0.15, 0.2) is 9.59 Å². The van der Waals surface area contributed by atoms with Gasteiger partial charge >= 0.3 is 5.56 Å². The van der Waals surface area contributed by atoms with Gasteiger partial charge in [-0.3, -0.25) is 14.2 Å². The minimum atomic E-state index is -1.49. The fourth-order valence-corrected chi connectivity index (χ4v) is 1.62. The molecule has 0 aromatic carbocycles. The molecule has 0 unspecified atom stereocenters. The Bertz CT molecular complexity index is 748. The van der Waals surface area contributed by atoms with Crippen LogP contribution in [0.3, 0.4) is 0 Å². The maximum atomic E-state index is 11.8. The van der Waals surface area contributed by atoms with Gasteiger partial charge < -0.3 is 20.9 Å². The monoisotopic (exact) mass is 267 g/mol. The largest absolute Gasteiger partial charge is 0.390 e. The van der Waals surface area contributed by atoms with Crippen molar-refractivity contribution in [3.63, 3.8) is 0 Å². The Morgan fingerprint density at radius 2 is 1.95 bits per heavy atom. The summed E-state index contributed by atoms with van der Waals surface area (Å²) in [5, 5.41) is 18.9. The standard InChI is InChI=1S/C10H13N5O4/c1-3(16)6(17)4-8(18)13-7-5(12-4)9(19)14-10(11)15(7)2/h3,6,16-17H,1-2H3,(H,13,18)(H2,11,14,19)/t3-,6-/m0/s1. The van der Waals surface area contributed by atoms with Crippen LogP contribution in [0.1, 0.15) is 18.7 Å². The summed E-state index contributed by atoms with van der Waals surface area (Å²) in [6.07, 6.45) is -2.69. The Labute approximate surface area is 106 Å². The number of H-pyrrole nitrogens is 1. The van der Waals surface area contributed by atoms with E-state index in [0.29, 0.717) is 0 Å². The summed E-state index contributed by atoms with van der Waals surface area (Å²) in [5.74, 6) is -0.0706. The van der Waals surface area contributed by atoms with Crippen molar-refractivity contribution < 1.29 is 10.2 Å². The second-order valence-corrected chi connectivity index (χ2v) is 4.17. The predicted molar refractivity (Wildman–Crippen MR) is 66.5 cm³/mol. The molecule has 0 bridgehead atoms. The van der Waals surface area contributed by atoms with Crippen molar-refractivity contribution in [1.82, 2.24) is 19.5 Å². The maximum Gasteiger partial charge on any atom is 0.302 e. The highest BCUT2D eigenvalue weighted by molar-refractivity contribution is 5.70. The Morgan fingerprint density at radius 3 is 2.53 bits per heavy atom. The van der Waals surface area contributed by atoms with Gasteiger partial charge in [-0.1, -0.05) is 0 Å². The molecule has 9 heteroatoms. The van der Waals surface area contributed by atoms with E-state index in [1.165, 1.54) is 18.5 Å². The molecule has 2 heterocycles. The number of hydrogen-bond donors (Lipinski definition) is 4. The van der Waals surface area contributed by atoms with E-state index < -0.39 is 23.3 Å².